The van der Waals surface area contributed by atoms with Crippen LogP contribution in [0.15, 0.2) is 54.6 Å². The van der Waals surface area contributed by atoms with Crippen molar-refractivity contribution < 1.29 is 5.11 Å². The average molecular weight is 267 g/mol. The second-order valence-electron chi connectivity index (χ2n) is 4.77. The number of fused-ring (bicyclic) bond motifs is 1. The Balaban J connectivity index is 1.94. The summed E-state index contributed by atoms with van der Waals surface area (Å²) in [4.78, 5) is 4.57. The quantitative estimate of drug-likeness (QED) is 0.764. The number of nitrogens with one attached hydrogen (secondary N) is 1. The summed E-state index contributed by atoms with van der Waals surface area (Å²) >= 11 is 0. The number of aryl methyl sites for hydroxylation is 1. The standard InChI is InChI=1S/C16H17N3O/c1-19-15-10-6-5-9-13(15)17-16(19)18-14(11-20)12-7-3-2-4-8-12/h2-10,14,20H,11H2,1H3,(H,17,18). The summed E-state index contributed by atoms with van der Waals surface area (Å²) in [5.41, 5.74) is 3.06. The van der Waals surface area contributed by atoms with Gasteiger partial charge >= 0.3 is 0 Å². The Morgan fingerprint density at radius 3 is 2.50 bits per heavy atom. The molecule has 0 bridgehead atoms. The molecule has 0 amide bonds. The number of aromatic nitrogens is 2. The first kappa shape index (κ1) is 12.7. The Bertz CT molecular complexity index is 706. The van der Waals surface area contributed by atoms with Gasteiger partial charge in [0.05, 0.1) is 23.7 Å². The van der Waals surface area contributed by atoms with Gasteiger partial charge in [-0.3, -0.25) is 0 Å². The van der Waals surface area contributed by atoms with Gasteiger partial charge < -0.3 is 15.0 Å². The molecule has 20 heavy (non-hydrogen) atoms. The Kier molecular flexibility index (Phi) is 3.39. The Morgan fingerprint density at radius 1 is 1.10 bits per heavy atom. The SMILES string of the molecule is Cn1c(NC(CO)c2ccccc2)nc2ccccc21. The molecule has 4 nitrogen and oxygen atoms in total. The van der Waals surface area contributed by atoms with Crippen LogP contribution in [0.25, 0.3) is 11.0 Å². The van der Waals surface area contributed by atoms with Crippen LogP contribution in [-0.4, -0.2) is 21.3 Å². The smallest absolute Gasteiger partial charge is 0.204 e. The van der Waals surface area contributed by atoms with Crippen molar-refractivity contribution in [1.82, 2.24) is 9.55 Å². The molecule has 4 heteroatoms. The first-order chi connectivity index (χ1) is 9.79. The fraction of sp³-hybridized carbons (Fsp3) is 0.188. The average Bonchev–Trinajstić information content (AvgIpc) is 2.82. The number of anilines is 1. The summed E-state index contributed by atoms with van der Waals surface area (Å²) in [6.07, 6.45) is 0. The van der Waals surface area contributed by atoms with Crippen LogP contribution in [0.4, 0.5) is 5.95 Å². The third-order valence-corrected chi connectivity index (χ3v) is 3.47. The summed E-state index contributed by atoms with van der Waals surface area (Å²) in [6, 6.07) is 17.7. The lowest BCUT2D eigenvalue weighted by Gasteiger charge is -2.17. The zero-order valence-corrected chi connectivity index (χ0v) is 11.3. The first-order valence-corrected chi connectivity index (χ1v) is 6.63. The van der Waals surface area contributed by atoms with Crippen molar-refractivity contribution >= 4 is 17.0 Å². The summed E-state index contributed by atoms with van der Waals surface area (Å²) < 4.78 is 2.00. The number of aliphatic hydroxyl groups excluding tert-OH is 1. The van der Waals surface area contributed by atoms with Gasteiger partial charge in [0, 0.05) is 7.05 Å². The number of nitrogens with zero attached hydrogens (tertiary/aromatic N) is 2. The lowest BCUT2D eigenvalue weighted by atomic mass is 10.1. The van der Waals surface area contributed by atoms with Crippen LogP contribution in [0.3, 0.4) is 0 Å². The number of hydrogen-bond donors (Lipinski definition) is 2. The van der Waals surface area contributed by atoms with E-state index in [-0.39, 0.29) is 12.6 Å². The monoisotopic (exact) mass is 267 g/mol. The van der Waals surface area contributed by atoms with Crippen molar-refractivity contribution in [2.24, 2.45) is 7.05 Å². The maximum absolute atomic E-state index is 9.61. The zero-order valence-electron chi connectivity index (χ0n) is 11.3. The molecule has 1 unspecified atom stereocenters. The number of rotatable bonds is 4. The molecule has 0 spiro atoms. The summed E-state index contributed by atoms with van der Waals surface area (Å²) in [6.45, 7) is 0.0211. The summed E-state index contributed by atoms with van der Waals surface area (Å²) in [5, 5.41) is 12.9. The maximum atomic E-state index is 9.61. The Hall–Kier alpha value is -2.33. The molecule has 102 valence electrons. The second kappa shape index (κ2) is 5.35. The van der Waals surface area contributed by atoms with Gasteiger partial charge in [0.2, 0.25) is 5.95 Å². The van der Waals surface area contributed by atoms with E-state index < -0.39 is 0 Å². The summed E-state index contributed by atoms with van der Waals surface area (Å²) in [7, 11) is 1.97. The maximum Gasteiger partial charge on any atom is 0.204 e. The van der Waals surface area contributed by atoms with Crippen molar-refractivity contribution in [2.45, 2.75) is 6.04 Å². The van der Waals surface area contributed by atoms with Gasteiger partial charge in [-0.2, -0.15) is 0 Å². The predicted octanol–water partition coefficient (Wildman–Crippen LogP) is 2.72. The van der Waals surface area contributed by atoms with Crippen LogP contribution in [0.1, 0.15) is 11.6 Å². The molecule has 3 rings (SSSR count). The molecule has 1 atom stereocenters. The Labute approximate surface area is 117 Å². The van der Waals surface area contributed by atoms with Gasteiger partial charge in [-0.05, 0) is 17.7 Å². The normalized spacial score (nSPS) is 12.5. The van der Waals surface area contributed by atoms with Gasteiger partial charge in [0.1, 0.15) is 0 Å². The van der Waals surface area contributed by atoms with Crippen LogP contribution in [0.2, 0.25) is 0 Å². The lowest BCUT2D eigenvalue weighted by molar-refractivity contribution is 0.275. The van der Waals surface area contributed by atoms with E-state index in [1.54, 1.807) is 0 Å². The van der Waals surface area contributed by atoms with E-state index in [1.165, 1.54) is 0 Å². The van der Waals surface area contributed by atoms with Crippen molar-refractivity contribution in [3.8, 4) is 0 Å². The molecule has 0 saturated heterocycles. The molecule has 0 aliphatic rings. The van der Waals surface area contributed by atoms with Gasteiger partial charge in [-0.15, -0.1) is 0 Å². The van der Waals surface area contributed by atoms with Crippen LogP contribution >= 0.6 is 0 Å². The molecule has 0 fully saturated rings. The molecule has 2 N–H and O–H groups in total. The van der Waals surface area contributed by atoms with E-state index >= 15 is 0 Å². The molecule has 0 aliphatic heterocycles. The van der Waals surface area contributed by atoms with Crippen LogP contribution in [-0.2, 0) is 7.05 Å². The zero-order chi connectivity index (χ0) is 13.9. The molecule has 1 aromatic heterocycles. The van der Waals surface area contributed by atoms with Crippen LogP contribution < -0.4 is 5.32 Å². The van der Waals surface area contributed by atoms with Crippen molar-refractivity contribution in [3.05, 3.63) is 60.2 Å². The van der Waals surface area contributed by atoms with E-state index in [9.17, 15) is 5.11 Å². The fourth-order valence-corrected chi connectivity index (χ4v) is 2.35. The first-order valence-electron chi connectivity index (χ1n) is 6.63. The molecule has 3 aromatic rings. The molecule has 0 radical (unpaired) electrons. The second-order valence-corrected chi connectivity index (χ2v) is 4.77. The van der Waals surface area contributed by atoms with E-state index in [0.29, 0.717) is 0 Å². The minimum Gasteiger partial charge on any atom is -0.394 e. The minimum atomic E-state index is -0.160. The Morgan fingerprint density at radius 2 is 1.80 bits per heavy atom. The number of imidazole rings is 1. The van der Waals surface area contributed by atoms with E-state index in [4.69, 9.17) is 0 Å². The van der Waals surface area contributed by atoms with Gasteiger partial charge in [-0.25, -0.2) is 4.98 Å². The summed E-state index contributed by atoms with van der Waals surface area (Å²) in [5.74, 6) is 0.758. The largest absolute Gasteiger partial charge is 0.394 e. The van der Waals surface area contributed by atoms with E-state index in [2.05, 4.69) is 10.3 Å². The fourth-order valence-electron chi connectivity index (χ4n) is 2.35. The highest BCUT2D eigenvalue weighted by atomic mass is 16.3. The van der Waals surface area contributed by atoms with E-state index in [0.717, 1.165) is 22.5 Å². The number of para-hydroxylation sites is 2. The number of benzene rings is 2. The van der Waals surface area contributed by atoms with Crippen molar-refractivity contribution in [3.63, 3.8) is 0 Å². The molecule has 1 heterocycles. The van der Waals surface area contributed by atoms with Gasteiger partial charge in [-0.1, -0.05) is 42.5 Å². The van der Waals surface area contributed by atoms with Crippen LogP contribution in [0, 0.1) is 0 Å². The third kappa shape index (κ3) is 2.26. The molecule has 2 aromatic carbocycles. The molecule has 0 aliphatic carbocycles. The highest BCUT2D eigenvalue weighted by Gasteiger charge is 2.14. The van der Waals surface area contributed by atoms with Crippen LogP contribution in [0.5, 0.6) is 0 Å². The molecular formula is C16H17N3O. The number of aliphatic hydroxyl groups is 1. The van der Waals surface area contributed by atoms with Crippen molar-refractivity contribution in [1.29, 1.82) is 0 Å². The number of hydrogen-bond acceptors (Lipinski definition) is 3. The molecular weight excluding hydrogens is 250 g/mol. The highest BCUT2D eigenvalue weighted by molar-refractivity contribution is 5.78. The lowest BCUT2D eigenvalue weighted by Crippen LogP contribution is -2.17. The van der Waals surface area contributed by atoms with Gasteiger partial charge in [0.25, 0.3) is 0 Å². The van der Waals surface area contributed by atoms with Crippen molar-refractivity contribution in [2.75, 3.05) is 11.9 Å². The minimum absolute atomic E-state index is 0.0211. The third-order valence-electron chi connectivity index (χ3n) is 3.47. The van der Waals surface area contributed by atoms with Gasteiger partial charge in [0.15, 0.2) is 0 Å². The highest BCUT2D eigenvalue weighted by Crippen LogP contribution is 2.22. The predicted molar refractivity (Wildman–Crippen MR) is 80.6 cm³/mol. The van der Waals surface area contributed by atoms with E-state index in [1.807, 2.05) is 66.2 Å². The topological polar surface area (TPSA) is 50.1 Å². The molecule has 0 saturated carbocycles.